The highest BCUT2D eigenvalue weighted by molar-refractivity contribution is 5.81. The third kappa shape index (κ3) is 2.97. The molecule has 1 aliphatic carbocycles. The maximum atomic E-state index is 12.1. The van der Waals surface area contributed by atoms with E-state index in [9.17, 15) is 4.79 Å². The summed E-state index contributed by atoms with van der Waals surface area (Å²) < 4.78 is 4.97. The number of hydrogen-bond acceptors (Lipinski definition) is 4. The van der Waals surface area contributed by atoms with Crippen LogP contribution in [0.15, 0.2) is 16.8 Å². The Kier molecular flexibility index (Phi) is 3.82. The monoisotopic (exact) mass is 263 g/mol. The van der Waals surface area contributed by atoms with Crippen LogP contribution in [0.4, 0.5) is 0 Å². The van der Waals surface area contributed by atoms with Gasteiger partial charge in [0.1, 0.15) is 0 Å². The summed E-state index contributed by atoms with van der Waals surface area (Å²) in [4.78, 5) is 12.1. The highest BCUT2D eigenvalue weighted by Gasteiger charge is 2.34. The molecule has 1 saturated heterocycles. The Labute approximate surface area is 113 Å². The molecule has 104 valence electrons. The fourth-order valence-corrected chi connectivity index (χ4v) is 3.33. The van der Waals surface area contributed by atoms with Gasteiger partial charge in [-0.1, -0.05) is 18.0 Å². The van der Waals surface area contributed by atoms with E-state index in [2.05, 4.69) is 15.8 Å². The number of nitrogens with one attached hydrogen (secondary N) is 2. The van der Waals surface area contributed by atoms with Gasteiger partial charge in [-0.15, -0.1) is 0 Å². The van der Waals surface area contributed by atoms with Gasteiger partial charge >= 0.3 is 0 Å². The average Bonchev–Trinajstić information content (AvgIpc) is 2.97. The molecule has 5 heteroatoms. The van der Waals surface area contributed by atoms with E-state index in [-0.39, 0.29) is 11.9 Å². The van der Waals surface area contributed by atoms with Crippen LogP contribution in [0.3, 0.4) is 0 Å². The van der Waals surface area contributed by atoms with E-state index >= 15 is 0 Å². The Hall–Kier alpha value is -1.36. The Morgan fingerprint density at radius 2 is 2.26 bits per heavy atom. The lowest BCUT2D eigenvalue weighted by Gasteiger charge is -2.39. The highest BCUT2D eigenvalue weighted by atomic mass is 16.5. The topological polar surface area (TPSA) is 67.2 Å². The fourth-order valence-electron chi connectivity index (χ4n) is 3.33. The van der Waals surface area contributed by atoms with Gasteiger partial charge in [0, 0.05) is 12.1 Å². The first-order valence-corrected chi connectivity index (χ1v) is 7.26. The van der Waals surface area contributed by atoms with Crippen molar-refractivity contribution in [2.24, 2.45) is 5.92 Å². The van der Waals surface area contributed by atoms with Crippen molar-refractivity contribution in [1.82, 2.24) is 15.8 Å². The second-order valence-electron chi connectivity index (χ2n) is 5.64. The molecule has 5 nitrogen and oxygen atoms in total. The van der Waals surface area contributed by atoms with E-state index in [0.29, 0.717) is 18.3 Å². The molecule has 1 saturated carbocycles. The molecule has 1 aromatic rings. The maximum Gasteiger partial charge on any atom is 0.237 e. The number of hydrogen-bond donors (Lipinski definition) is 2. The molecule has 2 N–H and O–H groups in total. The molecule has 1 aliphatic heterocycles. The smallest absolute Gasteiger partial charge is 0.237 e. The molecule has 1 amide bonds. The summed E-state index contributed by atoms with van der Waals surface area (Å²) in [6.45, 7) is 0.422. The van der Waals surface area contributed by atoms with Crippen LogP contribution in [0.25, 0.3) is 0 Å². The van der Waals surface area contributed by atoms with Gasteiger partial charge in [-0.2, -0.15) is 0 Å². The SMILES string of the molecule is O=C(NCc1ccno1)C1CCC2CCCCC2N1. The number of amides is 1. The van der Waals surface area contributed by atoms with E-state index in [4.69, 9.17) is 4.52 Å². The number of nitrogens with zero attached hydrogens (tertiary/aromatic N) is 1. The number of carbonyl (C=O) groups excluding carboxylic acids is 1. The van der Waals surface area contributed by atoms with Gasteiger partial charge in [0.15, 0.2) is 5.76 Å². The zero-order valence-electron chi connectivity index (χ0n) is 11.1. The van der Waals surface area contributed by atoms with Gasteiger partial charge in [0.05, 0.1) is 18.8 Å². The van der Waals surface area contributed by atoms with Gasteiger partial charge in [-0.25, -0.2) is 0 Å². The summed E-state index contributed by atoms with van der Waals surface area (Å²) >= 11 is 0. The molecule has 2 aliphatic rings. The third-order valence-corrected chi connectivity index (χ3v) is 4.40. The first kappa shape index (κ1) is 12.7. The maximum absolute atomic E-state index is 12.1. The molecule has 3 rings (SSSR count). The largest absolute Gasteiger partial charge is 0.360 e. The standard InChI is InChI=1S/C14H21N3O2/c18-14(15-9-11-7-8-16-19-11)13-6-5-10-3-1-2-4-12(10)17-13/h7-8,10,12-13,17H,1-6,9H2,(H,15,18). The Bertz CT molecular complexity index is 418. The minimum atomic E-state index is -0.0396. The van der Waals surface area contributed by atoms with Crippen LogP contribution < -0.4 is 10.6 Å². The van der Waals surface area contributed by atoms with E-state index in [1.165, 1.54) is 32.1 Å². The minimum Gasteiger partial charge on any atom is -0.360 e. The highest BCUT2D eigenvalue weighted by Crippen LogP contribution is 2.32. The molecular weight excluding hydrogens is 242 g/mol. The Morgan fingerprint density at radius 3 is 3.11 bits per heavy atom. The van der Waals surface area contributed by atoms with Crippen molar-refractivity contribution in [3.63, 3.8) is 0 Å². The number of fused-ring (bicyclic) bond motifs is 1. The zero-order chi connectivity index (χ0) is 13.1. The lowest BCUT2D eigenvalue weighted by Crippen LogP contribution is -2.54. The van der Waals surface area contributed by atoms with Crippen LogP contribution in [0.1, 0.15) is 44.3 Å². The second-order valence-corrected chi connectivity index (χ2v) is 5.64. The van der Waals surface area contributed by atoms with Crippen LogP contribution in [0, 0.1) is 5.92 Å². The molecule has 3 unspecified atom stereocenters. The molecule has 2 fully saturated rings. The summed E-state index contributed by atoms with van der Waals surface area (Å²) in [7, 11) is 0. The van der Waals surface area contributed by atoms with Crippen molar-refractivity contribution in [1.29, 1.82) is 0 Å². The average molecular weight is 263 g/mol. The molecule has 19 heavy (non-hydrogen) atoms. The number of carbonyl (C=O) groups is 1. The van der Waals surface area contributed by atoms with Crippen molar-refractivity contribution in [2.45, 2.75) is 57.2 Å². The van der Waals surface area contributed by atoms with Gasteiger partial charge < -0.3 is 15.2 Å². The first-order valence-electron chi connectivity index (χ1n) is 7.26. The van der Waals surface area contributed by atoms with Gasteiger partial charge in [0.2, 0.25) is 5.91 Å². The molecule has 3 atom stereocenters. The minimum absolute atomic E-state index is 0.0396. The predicted molar refractivity (Wildman–Crippen MR) is 70.3 cm³/mol. The third-order valence-electron chi connectivity index (χ3n) is 4.40. The van der Waals surface area contributed by atoms with Crippen LogP contribution >= 0.6 is 0 Å². The molecule has 2 heterocycles. The lowest BCUT2D eigenvalue weighted by atomic mass is 9.77. The van der Waals surface area contributed by atoms with Crippen LogP contribution in [-0.4, -0.2) is 23.1 Å². The molecule has 0 bridgehead atoms. The molecule has 1 aromatic heterocycles. The summed E-state index contributed by atoms with van der Waals surface area (Å²) in [5.74, 6) is 1.56. The van der Waals surface area contributed by atoms with Crippen LogP contribution in [-0.2, 0) is 11.3 Å². The van der Waals surface area contributed by atoms with E-state index in [0.717, 1.165) is 12.3 Å². The van der Waals surface area contributed by atoms with E-state index < -0.39 is 0 Å². The molecule has 0 spiro atoms. The number of aromatic nitrogens is 1. The van der Waals surface area contributed by atoms with Crippen LogP contribution in [0.2, 0.25) is 0 Å². The summed E-state index contributed by atoms with van der Waals surface area (Å²) in [5.41, 5.74) is 0. The normalized spacial score (nSPS) is 30.6. The van der Waals surface area contributed by atoms with Crippen molar-refractivity contribution in [3.05, 3.63) is 18.0 Å². The van der Waals surface area contributed by atoms with Crippen molar-refractivity contribution in [3.8, 4) is 0 Å². The Balaban J connectivity index is 1.50. The van der Waals surface area contributed by atoms with Crippen LogP contribution in [0.5, 0.6) is 0 Å². The van der Waals surface area contributed by atoms with Crippen molar-refractivity contribution >= 4 is 5.91 Å². The number of piperidine rings is 1. The molecular formula is C14H21N3O2. The molecule has 0 radical (unpaired) electrons. The number of rotatable bonds is 3. The van der Waals surface area contributed by atoms with E-state index in [1.807, 2.05) is 0 Å². The van der Waals surface area contributed by atoms with E-state index in [1.54, 1.807) is 12.3 Å². The molecule has 0 aromatic carbocycles. The zero-order valence-corrected chi connectivity index (χ0v) is 11.1. The van der Waals surface area contributed by atoms with Crippen molar-refractivity contribution in [2.75, 3.05) is 0 Å². The van der Waals surface area contributed by atoms with Crippen molar-refractivity contribution < 1.29 is 9.32 Å². The summed E-state index contributed by atoms with van der Waals surface area (Å²) in [5, 5.41) is 10.1. The Morgan fingerprint density at radius 1 is 1.37 bits per heavy atom. The summed E-state index contributed by atoms with van der Waals surface area (Å²) in [6.07, 6.45) is 8.90. The van der Waals surface area contributed by atoms with Gasteiger partial charge in [-0.3, -0.25) is 4.79 Å². The lowest BCUT2D eigenvalue weighted by molar-refractivity contribution is -0.124. The quantitative estimate of drug-likeness (QED) is 0.869. The van der Waals surface area contributed by atoms with Gasteiger partial charge in [0.25, 0.3) is 0 Å². The van der Waals surface area contributed by atoms with Gasteiger partial charge in [-0.05, 0) is 31.6 Å². The first-order chi connectivity index (χ1) is 9.33. The second kappa shape index (κ2) is 5.74. The fraction of sp³-hybridized carbons (Fsp3) is 0.714. The summed E-state index contributed by atoms with van der Waals surface area (Å²) in [6, 6.07) is 2.27. The predicted octanol–water partition coefficient (Wildman–Crippen LogP) is 1.60.